The van der Waals surface area contributed by atoms with E-state index >= 15 is 0 Å². The molecule has 23 heavy (non-hydrogen) atoms. The maximum Gasteiger partial charge on any atom is 0.315 e. The van der Waals surface area contributed by atoms with Crippen LogP contribution in [0.5, 0.6) is 0 Å². The summed E-state index contributed by atoms with van der Waals surface area (Å²) in [5, 5.41) is 14.8. The predicted octanol–water partition coefficient (Wildman–Crippen LogP) is 3.47. The fourth-order valence-corrected chi connectivity index (χ4v) is 3.97. The number of carbonyl (C=O) groups is 1. The fraction of sp³-hybridized carbons (Fsp3) is 0.529. The lowest BCUT2D eigenvalue weighted by molar-refractivity contribution is 0.236. The first-order valence-electron chi connectivity index (χ1n) is 8.26. The van der Waals surface area contributed by atoms with Crippen molar-refractivity contribution in [2.24, 2.45) is 0 Å². The summed E-state index contributed by atoms with van der Waals surface area (Å²) in [6.07, 6.45) is 4.66. The quantitative estimate of drug-likeness (QED) is 0.881. The van der Waals surface area contributed by atoms with E-state index in [0.29, 0.717) is 19.1 Å². The van der Waals surface area contributed by atoms with Gasteiger partial charge in [0.1, 0.15) is 0 Å². The predicted molar refractivity (Wildman–Crippen MR) is 93.8 cm³/mol. The van der Waals surface area contributed by atoms with E-state index in [0.717, 1.165) is 24.2 Å². The molecule has 124 valence electrons. The number of thiophene rings is 1. The monoisotopic (exact) mass is 332 g/mol. The van der Waals surface area contributed by atoms with E-state index in [4.69, 9.17) is 0 Å². The number of nitrogens with one attached hydrogen (secondary N) is 2. The van der Waals surface area contributed by atoms with Crippen molar-refractivity contribution < 1.29 is 4.79 Å². The van der Waals surface area contributed by atoms with Gasteiger partial charge in [-0.05, 0) is 49.1 Å². The first-order valence-corrected chi connectivity index (χ1v) is 9.20. The van der Waals surface area contributed by atoms with Crippen LogP contribution in [0.15, 0.2) is 16.8 Å². The summed E-state index contributed by atoms with van der Waals surface area (Å²) in [4.78, 5) is 11.9. The van der Waals surface area contributed by atoms with E-state index in [9.17, 15) is 4.79 Å². The van der Waals surface area contributed by atoms with Crippen molar-refractivity contribution in [2.45, 2.75) is 52.1 Å². The minimum atomic E-state index is -0.0588. The molecule has 0 radical (unpaired) electrons. The molecule has 0 unspecified atom stereocenters. The minimum Gasteiger partial charge on any atom is -0.336 e. The van der Waals surface area contributed by atoms with Gasteiger partial charge in [-0.3, -0.25) is 4.68 Å². The van der Waals surface area contributed by atoms with Crippen molar-refractivity contribution in [2.75, 3.05) is 6.54 Å². The highest BCUT2D eigenvalue weighted by Gasteiger charge is 2.17. The van der Waals surface area contributed by atoms with Gasteiger partial charge in [0, 0.05) is 23.8 Å². The molecule has 2 heterocycles. The Morgan fingerprint density at radius 2 is 2.17 bits per heavy atom. The van der Waals surface area contributed by atoms with Crippen molar-refractivity contribution in [3.05, 3.63) is 28.2 Å². The van der Waals surface area contributed by atoms with Crippen LogP contribution in [0.2, 0.25) is 0 Å². The number of nitrogens with zero attached hydrogens (tertiary/aromatic N) is 2. The average molecular weight is 332 g/mol. The summed E-state index contributed by atoms with van der Waals surface area (Å²) in [5.74, 6) is 0. The molecule has 1 aliphatic rings. The summed E-state index contributed by atoms with van der Waals surface area (Å²) in [7, 11) is 0. The molecule has 1 fully saturated rings. The smallest absolute Gasteiger partial charge is 0.315 e. The molecule has 0 saturated heterocycles. The zero-order valence-corrected chi connectivity index (χ0v) is 14.6. The second-order valence-corrected chi connectivity index (χ2v) is 6.94. The third-order valence-corrected chi connectivity index (χ3v) is 5.17. The Morgan fingerprint density at radius 3 is 2.87 bits per heavy atom. The van der Waals surface area contributed by atoms with Crippen LogP contribution >= 0.6 is 11.3 Å². The Balaban J connectivity index is 1.54. The number of aromatic nitrogens is 2. The molecule has 3 rings (SSSR count). The lowest BCUT2D eigenvalue weighted by Gasteiger charge is -2.13. The molecular weight excluding hydrogens is 308 g/mol. The molecule has 1 aliphatic carbocycles. The van der Waals surface area contributed by atoms with Crippen molar-refractivity contribution in [1.29, 1.82) is 0 Å². The number of amides is 2. The van der Waals surface area contributed by atoms with Crippen LogP contribution in [0, 0.1) is 13.8 Å². The highest BCUT2D eigenvalue weighted by molar-refractivity contribution is 7.08. The molecule has 2 aromatic heterocycles. The van der Waals surface area contributed by atoms with Gasteiger partial charge in [-0.2, -0.15) is 16.4 Å². The van der Waals surface area contributed by atoms with Crippen molar-refractivity contribution in [3.8, 4) is 11.1 Å². The van der Waals surface area contributed by atoms with E-state index in [1.807, 2.05) is 11.6 Å². The molecule has 2 aromatic rings. The Labute approximate surface area is 141 Å². The summed E-state index contributed by atoms with van der Waals surface area (Å²) >= 11 is 1.70. The Kier molecular flexibility index (Phi) is 5.00. The van der Waals surface area contributed by atoms with Crippen LogP contribution in [0.3, 0.4) is 0 Å². The van der Waals surface area contributed by atoms with Crippen LogP contribution in [0.1, 0.15) is 37.1 Å². The molecule has 6 heteroatoms. The zero-order valence-electron chi connectivity index (χ0n) is 13.8. The number of hydrogen-bond donors (Lipinski definition) is 2. The number of rotatable bonds is 5. The van der Waals surface area contributed by atoms with Crippen LogP contribution in [0.4, 0.5) is 4.79 Å². The highest BCUT2D eigenvalue weighted by Crippen LogP contribution is 2.28. The Hall–Kier alpha value is -1.82. The molecule has 0 atom stereocenters. The van der Waals surface area contributed by atoms with E-state index in [2.05, 4.69) is 39.5 Å². The largest absolute Gasteiger partial charge is 0.336 e. The molecule has 2 N–H and O–H groups in total. The Morgan fingerprint density at radius 1 is 1.39 bits per heavy atom. The fourth-order valence-electron chi connectivity index (χ4n) is 3.32. The first-order chi connectivity index (χ1) is 11.1. The van der Waals surface area contributed by atoms with Crippen molar-refractivity contribution >= 4 is 17.4 Å². The van der Waals surface area contributed by atoms with Gasteiger partial charge >= 0.3 is 6.03 Å². The summed E-state index contributed by atoms with van der Waals surface area (Å²) in [5.41, 5.74) is 4.63. The summed E-state index contributed by atoms with van der Waals surface area (Å²) in [6, 6.07) is 2.42. The van der Waals surface area contributed by atoms with E-state index in [1.54, 1.807) is 11.3 Å². The molecule has 1 saturated carbocycles. The third-order valence-electron chi connectivity index (χ3n) is 4.49. The van der Waals surface area contributed by atoms with E-state index < -0.39 is 0 Å². The van der Waals surface area contributed by atoms with Gasteiger partial charge in [0.05, 0.1) is 12.2 Å². The van der Waals surface area contributed by atoms with Crippen LogP contribution in [-0.4, -0.2) is 28.4 Å². The van der Waals surface area contributed by atoms with Crippen molar-refractivity contribution in [3.63, 3.8) is 0 Å². The van der Waals surface area contributed by atoms with E-state index in [1.165, 1.54) is 24.0 Å². The molecular formula is C17H24N4OS. The van der Waals surface area contributed by atoms with Gasteiger partial charge in [-0.1, -0.05) is 12.8 Å². The summed E-state index contributed by atoms with van der Waals surface area (Å²) in [6.45, 7) is 5.40. The second-order valence-electron chi connectivity index (χ2n) is 6.16. The van der Waals surface area contributed by atoms with Crippen LogP contribution in [0.25, 0.3) is 11.1 Å². The van der Waals surface area contributed by atoms with E-state index in [-0.39, 0.29) is 6.03 Å². The molecule has 0 bridgehead atoms. The van der Waals surface area contributed by atoms with Gasteiger partial charge < -0.3 is 10.6 Å². The second kappa shape index (κ2) is 7.17. The number of hydrogen-bond acceptors (Lipinski definition) is 3. The van der Waals surface area contributed by atoms with Gasteiger partial charge in [0.2, 0.25) is 0 Å². The number of urea groups is 1. The van der Waals surface area contributed by atoms with Crippen LogP contribution < -0.4 is 10.6 Å². The topological polar surface area (TPSA) is 59.0 Å². The normalized spacial score (nSPS) is 15.0. The maximum atomic E-state index is 11.9. The minimum absolute atomic E-state index is 0.0588. The van der Waals surface area contributed by atoms with Crippen LogP contribution in [-0.2, 0) is 6.54 Å². The lowest BCUT2D eigenvalue weighted by atomic mass is 10.1. The number of carbonyl (C=O) groups excluding carboxylic acids is 1. The first kappa shape index (κ1) is 16.1. The molecule has 0 spiro atoms. The molecule has 0 aliphatic heterocycles. The van der Waals surface area contributed by atoms with Gasteiger partial charge in [-0.25, -0.2) is 4.79 Å². The van der Waals surface area contributed by atoms with Gasteiger partial charge in [-0.15, -0.1) is 0 Å². The summed E-state index contributed by atoms with van der Waals surface area (Å²) < 4.78 is 1.98. The SMILES string of the molecule is Cc1nn(CCNC(=O)NC2CCCC2)c(C)c1-c1ccsc1. The zero-order chi connectivity index (χ0) is 16.2. The lowest BCUT2D eigenvalue weighted by Crippen LogP contribution is -2.42. The standard InChI is InChI=1S/C17H24N4OS/c1-12-16(14-7-10-23-11-14)13(2)21(20-12)9-8-18-17(22)19-15-5-3-4-6-15/h7,10-11,15H,3-6,8-9H2,1-2H3,(H2,18,19,22). The molecule has 5 nitrogen and oxygen atoms in total. The average Bonchev–Trinajstić information content (AvgIpc) is 3.23. The third kappa shape index (κ3) is 3.75. The molecule has 2 amide bonds. The van der Waals surface area contributed by atoms with Gasteiger partial charge in [0.15, 0.2) is 0 Å². The maximum absolute atomic E-state index is 11.9. The van der Waals surface area contributed by atoms with Crippen molar-refractivity contribution in [1.82, 2.24) is 20.4 Å². The number of aryl methyl sites for hydroxylation is 1. The van der Waals surface area contributed by atoms with Gasteiger partial charge in [0.25, 0.3) is 0 Å². The molecule has 0 aromatic carbocycles. The highest BCUT2D eigenvalue weighted by atomic mass is 32.1. The Bertz CT molecular complexity index is 656.